The number of aryl methyl sites for hydroxylation is 2. The minimum absolute atomic E-state index is 0.0119. The zero-order valence-electron chi connectivity index (χ0n) is 14.3. The fourth-order valence-corrected chi connectivity index (χ4v) is 3.61. The van der Waals surface area contributed by atoms with Gasteiger partial charge < -0.3 is 10.1 Å². The van der Waals surface area contributed by atoms with Crippen LogP contribution in [0.3, 0.4) is 0 Å². The molecular formula is C19H23NO3S. The number of methoxy groups -OCH3 is 1. The first-order valence-electron chi connectivity index (χ1n) is 7.85. The Kier molecular flexibility index (Phi) is 6.55. The summed E-state index contributed by atoms with van der Waals surface area (Å²) in [6.07, 6.45) is 0.707. The van der Waals surface area contributed by atoms with E-state index in [9.17, 15) is 9.00 Å². The Balaban J connectivity index is 1.83. The number of ether oxygens (including phenoxy) is 1. The van der Waals surface area contributed by atoms with E-state index in [0.717, 1.165) is 27.3 Å². The Hall–Kier alpha value is -2.14. The van der Waals surface area contributed by atoms with Gasteiger partial charge in [0.2, 0.25) is 5.91 Å². The highest BCUT2D eigenvalue weighted by atomic mass is 32.2. The summed E-state index contributed by atoms with van der Waals surface area (Å²) >= 11 is 0. The van der Waals surface area contributed by atoms with E-state index in [2.05, 4.69) is 5.32 Å². The normalized spacial score (nSPS) is 11.8. The molecule has 0 saturated heterocycles. The quantitative estimate of drug-likeness (QED) is 0.839. The smallest absolute Gasteiger partial charge is 0.233 e. The predicted octanol–water partition coefficient (Wildman–Crippen LogP) is 2.78. The van der Waals surface area contributed by atoms with Crippen molar-refractivity contribution in [2.45, 2.75) is 25.2 Å². The Morgan fingerprint density at radius 1 is 1.17 bits per heavy atom. The highest BCUT2D eigenvalue weighted by Crippen LogP contribution is 2.15. The molecule has 1 atom stereocenters. The Labute approximate surface area is 145 Å². The Morgan fingerprint density at radius 2 is 1.96 bits per heavy atom. The summed E-state index contributed by atoms with van der Waals surface area (Å²) in [4.78, 5) is 12.7. The van der Waals surface area contributed by atoms with Gasteiger partial charge in [0, 0.05) is 11.4 Å². The van der Waals surface area contributed by atoms with Crippen LogP contribution in [0.5, 0.6) is 5.75 Å². The lowest BCUT2D eigenvalue weighted by atomic mass is 10.1. The molecule has 0 radical (unpaired) electrons. The number of rotatable bonds is 7. The van der Waals surface area contributed by atoms with Gasteiger partial charge in [-0.3, -0.25) is 9.00 Å². The highest BCUT2D eigenvalue weighted by Gasteiger charge is 2.12. The molecule has 5 heteroatoms. The lowest BCUT2D eigenvalue weighted by Gasteiger charge is -2.08. The van der Waals surface area contributed by atoms with E-state index >= 15 is 0 Å². The summed E-state index contributed by atoms with van der Waals surface area (Å²) in [6.45, 7) is 4.42. The Morgan fingerprint density at radius 3 is 2.67 bits per heavy atom. The molecule has 4 nitrogen and oxygen atoms in total. The molecule has 2 rings (SSSR count). The van der Waals surface area contributed by atoms with E-state index in [1.807, 2.05) is 56.3 Å². The van der Waals surface area contributed by atoms with Gasteiger partial charge in [0.15, 0.2) is 0 Å². The zero-order valence-corrected chi connectivity index (χ0v) is 15.1. The van der Waals surface area contributed by atoms with Gasteiger partial charge in [-0.1, -0.05) is 29.8 Å². The van der Waals surface area contributed by atoms with Gasteiger partial charge in [-0.25, -0.2) is 0 Å². The van der Waals surface area contributed by atoms with Crippen molar-refractivity contribution in [2.75, 3.05) is 19.4 Å². The van der Waals surface area contributed by atoms with Crippen molar-refractivity contribution in [3.05, 3.63) is 59.2 Å². The molecule has 0 spiro atoms. The van der Waals surface area contributed by atoms with Crippen molar-refractivity contribution >= 4 is 16.7 Å². The lowest BCUT2D eigenvalue weighted by molar-refractivity contribution is -0.118. The molecule has 2 aromatic carbocycles. The van der Waals surface area contributed by atoms with Crippen LogP contribution in [-0.2, 0) is 22.0 Å². The van der Waals surface area contributed by atoms with Crippen molar-refractivity contribution in [3.8, 4) is 5.75 Å². The second-order valence-electron chi connectivity index (χ2n) is 5.71. The monoisotopic (exact) mass is 345 g/mol. The molecule has 0 aliphatic rings. The van der Waals surface area contributed by atoms with Crippen LogP contribution in [0.2, 0.25) is 0 Å². The van der Waals surface area contributed by atoms with Crippen molar-refractivity contribution in [1.82, 2.24) is 5.32 Å². The standard InChI is InChI=1S/C19H23NO3S/c1-14-7-8-18(15(2)11-14)24(22)13-19(21)20-10-9-16-5-4-6-17(12-16)23-3/h4-8,11-12H,9-10,13H2,1-3H3,(H,20,21)/t24-/m0/s1. The van der Waals surface area contributed by atoms with E-state index in [-0.39, 0.29) is 11.7 Å². The van der Waals surface area contributed by atoms with Crippen LogP contribution in [0, 0.1) is 13.8 Å². The third-order valence-corrected chi connectivity index (χ3v) is 5.18. The van der Waals surface area contributed by atoms with Crippen molar-refractivity contribution < 1.29 is 13.7 Å². The van der Waals surface area contributed by atoms with Crippen molar-refractivity contribution in [2.24, 2.45) is 0 Å². The van der Waals surface area contributed by atoms with Gasteiger partial charge in [0.1, 0.15) is 11.5 Å². The predicted molar refractivity (Wildman–Crippen MR) is 96.9 cm³/mol. The summed E-state index contributed by atoms with van der Waals surface area (Å²) in [7, 11) is 0.310. The fraction of sp³-hybridized carbons (Fsp3) is 0.316. The lowest BCUT2D eigenvalue weighted by Crippen LogP contribution is -2.30. The van der Waals surface area contributed by atoms with E-state index < -0.39 is 10.8 Å². The summed E-state index contributed by atoms with van der Waals surface area (Å²) in [5.41, 5.74) is 3.17. The number of carbonyl (C=O) groups excluding carboxylic acids is 1. The maximum Gasteiger partial charge on any atom is 0.233 e. The molecule has 128 valence electrons. The molecule has 1 amide bonds. The topological polar surface area (TPSA) is 55.4 Å². The third kappa shape index (κ3) is 5.20. The van der Waals surface area contributed by atoms with Gasteiger partial charge in [0.05, 0.1) is 17.9 Å². The third-order valence-electron chi connectivity index (χ3n) is 3.71. The Bertz CT molecular complexity index is 743. The van der Waals surface area contributed by atoms with E-state index in [4.69, 9.17) is 4.74 Å². The zero-order chi connectivity index (χ0) is 17.5. The van der Waals surface area contributed by atoms with Crippen LogP contribution in [0.4, 0.5) is 0 Å². The molecule has 0 saturated carbocycles. The molecule has 0 aliphatic heterocycles. The largest absolute Gasteiger partial charge is 0.497 e. The molecule has 0 aromatic heterocycles. The van der Waals surface area contributed by atoms with Crippen LogP contribution in [-0.4, -0.2) is 29.5 Å². The molecule has 0 aliphatic carbocycles. The second kappa shape index (κ2) is 8.64. The summed E-state index contributed by atoms with van der Waals surface area (Å²) in [5, 5.41) is 2.83. The molecule has 24 heavy (non-hydrogen) atoms. The maximum atomic E-state index is 12.3. The maximum absolute atomic E-state index is 12.3. The molecule has 2 aromatic rings. The van der Waals surface area contributed by atoms with Crippen LogP contribution in [0.15, 0.2) is 47.4 Å². The molecule has 0 unspecified atom stereocenters. The van der Waals surface area contributed by atoms with Gasteiger partial charge in [-0.05, 0) is 49.6 Å². The first-order chi connectivity index (χ1) is 11.5. The minimum Gasteiger partial charge on any atom is -0.497 e. The number of hydrogen-bond donors (Lipinski definition) is 1. The highest BCUT2D eigenvalue weighted by molar-refractivity contribution is 7.85. The molecule has 0 bridgehead atoms. The number of hydrogen-bond acceptors (Lipinski definition) is 3. The molecule has 1 N–H and O–H groups in total. The summed E-state index contributed by atoms with van der Waals surface area (Å²) < 4.78 is 17.5. The van der Waals surface area contributed by atoms with Crippen LogP contribution >= 0.6 is 0 Å². The van der Waals surface area contributed by atoms with Gasteiger partial charge >= 0.3 is 0 Å². The average Bonchev–Trinajstić information content (AvgIpc) is 2.54. The number of nitrogens with one attached hydrogen (secondary N) is 1. The molecule has 0 heterocycles. The SMILES string of the molecule is COc1cccc(CCNC(=O)C[S@](=O)c2ccc(C)cc2C)c1. The van der Waals surface area contributed by atoms with Crippen molar-refractivity contribution in [3.63, 3.8) is 0 Å². The van der Waals surface area contributed by atoms with Crippen LogP contribution < -0.4 is 10.1 Å². The second-order valence-corrected chi connectivity index (χ2v) is 7.13. The van der Waals surface area contributed by atoms with Gasteiger partial charge in [0.25, 0.3) is 0 Å². The van der Waals surface area contributed by atoms with Crippen LogP contribution in [0.25, 0.3) is 0 Å². The van der Waals surface area contributed by atoms with E-state index in [0.29, 0.717) is 13.0 Å². The first kappa shape index (κ1) is 18.2. The molecule has 0 fully saturated rings. The number of benzene rings is 2. The van der Waals surface area contributed by atoms with E-state index in [1.54, 1.807) is 7.11 Å². The van der Waals surface area contributed by atoms with E-state index in [1.165, 1.54) is 0 Å². The van der Waals surface area contributed by atoms with Gasteiger partial charge in [-0.15, -0.1) is 0 Å². The minimum atomic E-state index is -1.32. The summed E-state index contributed by atoms with van der Waals surface area (Å²) in [5.74, 6) is 0.591. The number of carbonyl (C=O) groups is 1. The summed E-state index contributed by atoms with van der Waals surface area (Å²) in [6, 6.07) is 13.5. The van der Waals surface area contributed by atoms with Gasteiger partial charge in [-0.2, -0.15) is 0 Å². The number of amides is 1. The van der Waals surface area contributed by atoms with Crippen LogP contribution in [0.1, 0.15) is 16.7 Å². The fourth-order valence-electron chi connectivity index (χ4n) is 2.48. The average molecular weight is 345 g/mol. The molecular weight excluding hydrogens is 322 g/mol. The first-order valence-corrected chi connectivity index (χ1v) is 9.16. The van der Waals surface area contributed by atoms with Crippen molar-refractivity contribution in [1.29, 1.82) is 0 Å².